The van der Waals surface area contributed by atoms with Crippen molar-refractivity contribution >= 4 is 0 Å². The lowest BCUT2D eigenvalue weighted by molar-refractivity contribution is -0.0814. The molecule has 0 aromatic heterocycles. The van der Waals surface area contributed by atoms with Gasteiger partial charge in [0.1, 0.15) is 18.0 Å². The summed E-state index contributed by atoms with van der Waals surface area (Å²) in [5, 5.41) is 10.9. The molecule has 2 heterocycles. The number of likely N-dealkylation sites (tertiary alicyclic amines) is 1. The highest BCUT2D eigenvalue weighted by Crippen LogP contribution is 2.27. The van der Waals surface area contributed by atoms with Crippen LogP contribution >= 0.6 is 0 Å². The minimum atomic E-state index is -0.736. The Labute approximate surface area is 133 Å². The largest absolute Gasteiger partial charge is 0.491 e. The van der Waals surface area contributed by atoms with E-state index in [1.165, 1.54) is 5.56 Å². The lowest BCUT2D eigenvalue weighted by Gasteiger charge is -2.43. The summed E-state index contributed by atoms with van der Waals surface area (Å²) < 4.78 is 11.3. The summed E-state index contributed by atoms with van der Waals surface area (Å²) in [5.74, 6) is 0.844. The fourth-order valence-electron chi connectivity index (χ4n) is 3.55. The summed E-state index contributed by atoms with van der Waals surface area (Å²) in [7, 11) is 0. The van der Waals surface area contributed by atoms with Crippen molar-refractivity contribution in [2.75, 3.05) is 32.9 Å². The van der Waals surface area contributed by atoms with Crippen molar-refractivity contribution in [2.45, 2.75) is 44.2 Å². The summed E-state index contributed by atoms with van der Waals surface area (Å²) in [6.45, 7) is 5.91. The van der Waals surface area contributed by atoms with Crippen LogP contribution in [0.5, 0.6) is 5.75 Å². The maximum absolute atomic E-state index is 10.9. The summed E-state index contributed by atoms with van der Waals surface area (Å²) in [4.78, 5) is 2.44. The fraction of sp³-hybridized carbons (Fsp3) is 0.667. The number of piperidine rings is 1. The van der Waals surface area contributed by atoms with Gasteiger partial charge in [0.2, 0.25) is 0 Å². The van der Waals surface area contributed by atoms with Gasteiger partial charge in [-0.15, -0.1) is 0 Å². The van der Waals surface area contributed by atoms with Gasteiger partial charge in [-0.05, 0) is 56.8 Å². The summed E-state index contributed by atoms with van der Waals surface area (Å²) >= 11 is 0. The van der Waals surface area contributed by atoms with Gasteiger partial charge in [0.15, 0.2) is 0 Å². The van der Waals surface area contributed by atoms with E-state index < -0.39 is 5.60 Å². The Hall–Kier alpha value is -1.10. The van der Waals surface area contributed by atoms with Crippen LogP contribution in [-0.2, 0) is 4.74 Å². The summed E-state index contributed by atoms with van der Waals surface area (Å²) in [6.07, 6.45) is 4.01. The molecule has 1 N–H and O–H groups in total. The molecule has 122 valence electrons. The summed E-state index contributed by atoms with van der Waals surface area (Å²) in [6, 6.07) is 8.57. The van der Waals surface area contributed by atoms with E-state index >= 15 is 0 Å². The molecule has 2 fully saturated rings. The van der Waals surface area contributed by atoms with E-state index in [0.29, 0.717) is 19.2 Å². The molecule has 2 aliphatic rings. The number of nitrogens with zero attached hydrogens (tertiary/aromatic N) is 1. The monoisotopic (exact) mass is 305 g/mol. The average molecular weight is 305 g/mol. The highest BCUT2D eigenvalue weighted by atomic mass is 16.5. The van der Waals surface area contributed by atoms with Crippen LogP contribution in [0.3, 0.4) is 0 Å². The zero-order valence-corrected chi connectivity index (χ0v) is 13.5. The molecule has 1 aromatic rings. The second-order valence-corrected chi connectivity index (χ2v) is 6.75. The molecule has 22 heavy (non-hydrogen) atoms. The quantitative estimate of drug-likeness (QED) is 0.927. The smallest absolute Gasteiger partial charge is 0.119 e. The van der Waals surface area contributed by atoms with Crippen molar-refractivity contribution in [1.29, 1.82) is 0 Å². The van der Waals surface area contributed by atoms with Crippen LogP contribution in [0.1, 0.15) is 31.2 Å². The molecule has 2 aliphatic heterocycles. The first-order valence-corrected chi connectivity index (χ1v) is 8.38. The molecular weight excluding hydrogens is 278 g/mol. The minimum Gasteiger partial charge on any atom is -0.491 e. The standard InChI is InChI=1S/C18H27NO3/c1-15-4-2-5-17(12-15)22-14-18(20)8-3-9-19(13-18)16-6-10-21-11-7-16/h2,4-5,12,16,20H,3,6-11,13-14H2,1H3/t18-/m1/s1. The SMILES string of the molecule is Cc1cccc(OC[C@@]2(O)CCCN(C3CCOCC3)C2)c1. The second-order valence-electron chi connectivity index (χ2n) is 6.75. The van der Waals surface area contributed by atoms with Gasteiger partial charge in [-0.2, -0.15) is 0 Å². The molecule has 0 spiro atoms. The number of ether oxygens (including phenoxy) is 2. The van der Waals surface area contributed by atoms with Gasteiger partial charge in [-0.3, -0.25) is 4.90 Å². The zero-order chi connectivity index (χ0) is 15.4. The van der Waals surface area contributed by atoms with Gasteiger partial charge >= 0.3 is 0 Å². The van der Waals surface area contributed by atoms with Gasteiger partial charge in [-0.25, -0.2) is 0 Å². The van der Waals surface area contributed by atoms with Gasteiger partial charge in [0.25, 0.3) is 0 Å². The molecule has 2 saturated heterocycles. The number of β-amino-alcohol motifs (C(OH)–C–C–N with tert-alkyl or cyclic N) is 1. The fourth-order valence-corrected chi connectivity index (χ4v) is 3.55. The molecule has 3 rings (SSSR count). The Morgan fingerprint density at radius 2 is 2.18 bits per heavy atom. The predicted octanol–water partition coefficient (Wildman–Crippen LogP) is 2.38. The van der Waals surface area contributed by atoms with Crippen LogP contribution in [0.4, 0.5) is 0 Å². The topological polar surface area (TPSA) is 41.9 Å². The van der Waals surface area contributed by atoms with Gasteiger partial charge < -0.3 is 14.6 Å². The van der Waals surface area contributed by atoms with Crippen molar-refractivity contribution in [3.8, 4) is 5.75 Å². The van der Waals surface area contributed by atoms with E-state index in [2.05, 4.69) is 17.9 Å². The third kappa shape index (κ3) is 4.00. The van der Waals surface area contributed by atoms with Crippen LogP contribution in [0.15, 0.2) is 24.3 Å². The highest BCUT2D eigenvalue weighted by Gasteiger charge is 2.37. The molecule has 0 aliphatic carbocycles. The molecule has 1 aromatic carbocycles. The van der Waals surface area contributed by atoms with E-state index in [4.69, 9.17) is 9.47 Å². The Morgan fingerprint density at radius 3 is 2.95 bits per heavy atom. The van der Waals surface area contributed by atoms with E-state index in [1.54, 1.807) is 0 Å². The molecule has 0 amide bonds. The van der Waals surface area contributed by atoms with Gasteiger partial charge in [0.05, 0.1) is 0 Å². The molecule has 0 bridgehead atoms. The van der Waals surface area contributed by atoms with E-state index in [0.717, 1.165) is 51.2 Å². The average Bonchev–Trinajstić information content (AvgIpc) is 2.54. The van der Waals surface area contributed by atoms with Crippen molar-refractivity contribution in [3.63, 3.8) is 0 Å². The third-order valence-electron chi connectivity index (χ3n) is 4.79. The van der Waals surface area contributed by atoms with Crippen LogP contribution in [0.2, 0.25) is 0 Å². The first kappa shape index (κ1) is 15.8. The third-order valence-corrected chi connectivity index (χ3v) is 4.79. The van der Waals surface area contributed by atoms with Crippen molar-refractivity contribution in [1.82, 2.24) is 4.90 Å². The number of hydrogen-bond acceptors (Lipinski definition) is 4. The Bertz CT molecular complexity index is 487. The molecule has 4 heteroatoms. The molecule has 0 unspecified atom stereocenters. The Balaban J connectivity index is 1.57. The maximum atomic E-state index is 10.9. The Morgan fingerprint density at radius 1 is 1.36 bits per heavy atom. The molecule has 4 nitrogen and oxygen atoms in total. The first-order chi connectivity index (χ1) is 10.6. The van der Waals surface area contributed by atoms with Crippen molar-refractivity contribution in [2.24, 2.45) is 0 Å². The second kappa shape index (κ2) is 6.99. The first-order valence-electron chi connectivity index (χ1n) is 8.38. The van der Waals surface area contributed by atoms with Crippen LogP contribution in [0.25, 0.3) is 0 Å². The summed E-state index contributed by atoms with van der Waals surface area (Å²) in [5.41, 5.74) is 0.442. The van der Waals surface area contributed by atoms with Crippen molar-refractivity contribution in [3.05, 3.63) is 29.8 Å². The highest BCUT2D eigenvalue weighted by molar-refractivity contribution is 5.27. The zero-order valence-electron chi connectivity index (χ0n) is 13.5. The predicted molar refractivity (Wildman–Crippen MR) is 86.3 cm³/mol. The number of hydrogen-bond donors (Lipinski definition) is 1. The van der Waals surface area contributed by atoms with Crippen molar-refractivity contribution < 1.29 is 14.6 Å². The maximum Gasteiger partial charge on any atom is 0.119 e. The molecule has 0 saturated carbocycles. The Kier molecular flexibility index (Phi) is 5.01. The van der Waals surface area contributed by atoms with E-state index in [1.807, 2.05) is 18.2 Å². The number of aryl methyl sites for hydroxylation is 1. The van der Waals surface area contributed by atoms with Gasteiger partial charge in [-0.1, -0.05) is 12.1 Å². The normalized spacial score (nSPS) is 27.7. The number of benzene rings is 1. The molecule has 1 atom stereocenters. The number of aliphatic hydroxyl groups is 1. The van der Waals surface area contributed by atoms with E-state index in [9.17, 15) is 5.11 Å². The van der Waals surface area contributed by atoms with E-state index in [-0.39, 0.29) is 0 Å². The lowest BCUT2D eigenvalue weighted by Crippen LogP contribution is -2.55. The minimum absolute atomic E-state index is 0.371. The molecular formula is C18H27NO3. The lowest BCUT2D eigenvalue weighted by atomic mass is 9.91. The number of rotatable bonds is 4. The van der Waals surface area contributed by atoms with Crippen LogP contribution in [0, 0.1) is 6.92 Å². The van der Waals surface area contributed by atoms with Crippen LogP contribution < -0.4 is 4.74 Å². The molecule has 0 radical (unpaired) electrons. The van der Waals surface area contributed by atoms with Crippen LogP contribution in [-0.4, -0.2) is 54.6 Å². The van der Waals surface area contributed by atoms with Gasteiger partial charge in [0, 0.05) is 25.8 Å².